The number of fused-ring (bicyclic) bond motifs is 1. The molecule has 1 amide bonds. The number of halogens is 1. The third-order valence-corrected chi connectivity index (χ3v) is 2.83. The number of amides is 1. The van der Waals surface area contributed by atoms with E-state index >= 15 is 0 Å². The van der Waals surface area contributed by atoms with Crippen LogP contribution >= 0.6 is 12.4 Å². The van der Waals surface area contributed by atoms with Crippen LogP contribution in [0.4, 0.5) is 4.79 Å². The third-order valence-electron chi connectivity index (χ3n) is 2.83. The van der Waals surface area contributed by atoms with Gasteiger partial charge in [0.2, 0.25) is 0 Å². The molecule has 114 valence electrons. The number of hydrogen-bond acceptors (Lipinski definition) is 3. The zero-order chi connectivity index (χ0) is 15.1. The lowest BCUT2D eigenvalue weighted by Gasteiger charge is -2.12. The lowest BCUT2D eigenvalue weighted by molar-refractivity contribution is 0.150. The Morgan fingerprint density at radius 3 is 2.50 bits per heavy atom. The second-order valence-corrected chi connectivity index (χ2v) is 4.33. The topological polar surface area (TPSA) is 51.2 Å². The van der Waals surface area contributed by atoms with E-state index in [2.05, 4.69) is 40.5 Å². The highest BCUT2D eigenvalue weighted by molar-refractivity contribution is 5.85. The maximum Gasteiger partial charge on any atom is 0.408 e. The monoisotopic (exact) mass is 316 g/mol. The van der Waals surface area contributed by atoms with Gasteiger partial charge in [-0.15, -0.1) is 18.8 Å². The normalized spacial score (nSPS) is 10.7. The van der Waals surface area contributed by atoms with E-state index in [-0.39, 0.29) is 12.4 Å². The Balaban J connectivity index is 0.000000284. The first kappa shape index (κ1) is 17.5. The summed E-state index contributed by atoms with van der Waals surface area (Å²) in [5.74, 6) is 2.46. The molecule has 0 spiro atoms. The van der Waals surface area contributed by atoms with Crippen LogP contribution in [0, 0.1) is 12.3 Å². The molecule has 1 aromatic rings. The van der Waals surface area contributed by atoms with Crippen LogP contribution in [0.1, 0.15) is 18.5 Å². The van der Waals surface area contributed by atoms with Gasteiger partial charge in [-0.2, -0.15) is 0 Å². The largest absolute Gasteiger partial charge is 0.450 e. The van der Waals surface area contributed by atoms with Crippen LogP contribution < -0.4 is 5.32 Å². The van der Waals surface area contributed by atoms with Crippen LogP contribution in [0.2, 0.25) is 0 Å². The van der Waals surface area contributed by atoms with Crippen molar-refractivity contribution < 1.29 is 9.53 Å². The minimum atomic E-state index is -0.524. The van der Waals surface area contributed by atoms with Gasteiger partial charge in [-0.25, -0.2) is 4.79 Å². The van der Waals surface area contributed by atoms with Gasteiger partial charge < -0.3 is 10.1 Å². The first-order chi connectivity index (χ1) is 10.2. The molecule has 1 atom stereocenters. The van der Waals surface area contributed by atoms with Gasteiger partial charge in [0.1, 0.15) is 6.04 Å². The van der Waals surface area contributed by atoms with Crippen molar-refractivity contribution in [1.82, 2.24) is 10.3 Å². The van der Waals surface area contributed by atoms with E-state index in [9.17, 15) is 4.79 Å². The lowest BCUT2D eigenvalue weighted by Crippen LogP contribution is -2.28. The molecule has 1 heterocycles. The maximum atomic E-state index is 11.1. The number of nitrogens with zero attached hydrogens (tertiary/aromatic N) is 1. The molecule has 1 unspecified atom stereocenters. The number of rotatable bonds is 3. The molecule has 0 aromatic carbocycles. The number of ether oxygens (including phenoxy) is 1. The summed E-state index contributed by atoms with van der Waals surface area (Å²) < 4.78 is 4.73. The lowest BCUT2D eigenvalue weighted by atomic mass is 10.1. The summed E-state index contributed by atoms with van der Waals surface area (Å²) in [6, 6.07) is 11.5. The van der Waals surface area contributed by atoms with Crippen molar-refractivity contribution in [2.45, 2.75) is 13.0 Å². The number of carbonyl (C=O) groups is 1. The van der Waals surface area contributed by atoms with Gasteiger partial charge in [-0.3, -0.25) is 4.98 Å². The molecule has 0 aliphatic heterocycles. The Morgan fingerprint density at radius 1 is 1.36 bits per heavy atom. The molecule has 4 nitrogen and oxygen atoms in total. The van der Waals surface area contributed by atoms with Crippen LogP contribution in [0.5, 0.6) is 0 Å². The van der Waals surface area contributed by atoms with Gasteiger partial charge in [0, 0.05) is 18.0 Å². The number of hydrogen-bond donors (Lipinski definition) is 1. The molecule has 0 saturated heterocycles. The zero-order valence-corrected chi connectivity index (χ0v) is 13.0. The van der Waals surface area contributed by atoms with Crippen LogP contribution in [0.25, 0.3) is 11.1 Å². The first-order valence-corrected chi connectivity index (χ1v) is 6.64. The van der Waals surface area contributed by atoms with E-state index in [1.165, 1.54) is 11.1 Å². The fourth-order valence-corrected chi connectivity index (χ4v) is 1.73. The Bertz CT molecular complexity index is 636. The fraction of sp³-hybridized carbons (Fsp3) is 0.176. The Labute approximate surface area is 136 Å². The predicted octanol–water partition coefficient (Wildman–Crippen LogP) is 3.59. The van der Waals surface area contributed by atoms with Crippen molar-refractivity contribution in [3.63, 3.8) is 0 Å². The van der Waals surface area contributed by atoms with Crippen molar-refractivity contribution in [2.24, 2.45) is 0 Å². The second kappa shape index (κ2) is 8.71. The number of terminal acetylenes is 1. The highest BCUT2D eigenvalue weighted by Crippen LogP contribution is 2.32. The third kappa shape index (κ3) is 5.12. The van der Waals surface area contributed by atoms with E-state index < -0.39 is 12.1 Å². The van der Waals surface area contributed by atoms with E-state index in [0.717, 1.165) is 5.56 Å². The van der Waals surface area contributed by atoms with E-state index in [0.29, 0.717) is 6.61 Å². The number of carbonyl (C=O) groups excluding carboxylic acids is 1. The number of pyridine rings is 1. The molecule has 22 heavy (non-hydrogen) atoms. The molecule has 0 saturated carbocycles. The predicted molar refractivity (Wildman–Crippen MR) is 88.7 cm³/mol. The molecule has 1 N–H and O–H groups in total. The minimum Gasteiger partial charge on any atom is -0.450 e. The van der Waals surface area contributed by atoms with E-state index in [4.69, 9.17) is 11.2 Å². The van der Waals surface area contributed by atoms with Gasteiger partial charge in [0.15, 0.2) is 0 Å². The summed E-state index contributed by atoms with van der Waals surface area (Å²) >= 11 is 0. The molecule has 0 radical (unpaired) electrons. The first-order valence-electron chi connectivity index (χ1n) is 6.64. The van der Waals surface area contributed by atoms with Crippen LogP contribution in [0.3, 0.4) is 0 Å². The number of benzene rings is 1. The molecule has 3 rings (SSSR count). The van der Waals surface area contributed by atoms with Crippen molar-refractivity contribution in [3.8, 4) is 23.5 Å². The maximum absolute atomic E-state index is 11.1. The van der Waals surface area contributed by atoms with E-state index in [1.807, 2.05) is 0 Å². The number of aromatic nitrogens is 1. The summed E-state index contributed by atoms with van der Waals surface area (Å²) in [6.07, 6.45) is 8.03. The summed E-state index contributed by atoms with van der Waals surface area (Å²) in [4.78, 5) is 15.1. The van der Waals surface area contributed by atoms with Crippen molar-refractivity contribution >= 4 is 18.5 Å². The Kier molecular flexibility index (Phi) is 6.94. The summed E-state index contributed by atoms with van der Waals surface area (Å²) in [5, 5.41) is 2.55. The molecule has 2 aliphatic rings. The molecule has 0 bridgehead atoms. The fourth-order valence-electron chi connectivity index (χ4n) is 1.73. The Hall–Kier alpha value is -2.51. The van der Waals surface area contributed by atoms with Crippen LogP contribution in [0.15, 0.2) is 48.8 Å². The summed E-state index contributed by atoms with van der Waals surface area (Å²) in [5.41, 5.74) is 3.61. The average molecular weight is 317 g/mol. The quantitative estimate of drug-likeness (QED) is 0.751. The smallest absolute Gasteiger partial charge is 0.408 e. The van der Waals surface area contributed by atoms with Crippen molar-refractivity contribution in [1.29, 1.82) is 0 Å². The van der Waals surface area contributed by atoms with Gasteiger partial charge in [-0.1, -0.05) is 30.2 Å². The average Bonchev–Trinajstić information content (AvgIpc) is 3.12. The standard InChI is InChI=1S/C11H12N2O2.C6H4.ClH/c1-3-10(13-11(14)15-4-2)9-6-5-7-12-8-9;1-2-5-4-6(5)3-1;/h1,5-8,10H,4H2,2H3,(H,13,14);1-4H;1H. The highest BCUT2D eigenvalue weighted by atomic mass is 35.5. The molecular weight excluding hydrogens is 300 g/mol. The van der Waals surface area contributed by atoms with Crippen molar-refractivity contribution in [2.75, 3.05) is 6.61 Å². The molecule has 2 aliphatic carbocycles. The molecule has 0 fully saturated rings. The van der Waals surface area contributed by atoms with Crippen molar-refractivity contribution in [3.05, 3.63) is 54.4 Å². The highest BCUT2D eigenvalue weighted by Gasteiger charge is 2.11. The van der Waals surface area contributed by atoms with Gasteiger partial charge in [0.05, 0.1) is 6.61 Å². The zero-order valence-electron chi connectivity index (χ0n) is 12.2. The second-order valence-electron chi connectivity index (χ2n) is 4.33. The number of alkyl carbamates (subject to hydrolysis) is 1. The van der Waals surface area contributed by atoms with E-state index in [1.54, 1.807) is 31.5 Å². The van der Waals surface area contributed by atoms with Gasteiger partial charge in [0.25, 0.3) is 0 Å². The molecular formula is C17H17ClN2O2. The Morgan fingerprint density at radius 2 is 2.09 bits per heavy atom. The van der Waals surface area contributed by atoms with Crippen LogP contribution in [-0.2, 0) is 4.74 Å². The van der Waals surface area contributed by atoms with Crippen LogP contribution in [-0.4, -0.2) is 17.7 Å². The molecule has 5 heteroatoms. The summed E-state index contributed by atoms with van der Waals surface area (Å²) in [6.45, 7) is 2.05. The number of nitrogens with one attached hydrogen (secondary N) is 1. The SMILES string of the molecule is C#CC(NC(=O)OCC)c1cccnc1.Cl.c1cc2cc-2c1. The molecule has 1 aromatic heterocycles. The van der Waals surface area contributed by atoms with Gasteiger partial charge >= 0.3 is 6.09 Å². The minimum absolute atomic E-state index is 0. The summed E-state index contributed by atoms with van der Waals surface area (Å²) in [7, 11) is 0. The van der Waals surface area contributed by atoms with Gasteiger partial charge in [-0.05, 0) is 30.2 Å².